The van der Waals surface area contributed by atoms with Crippen LogP contribution >= 0.6 is 0 Å². The van der Waals surface area contributed by atoms with Gasteiger partial charge in [0.05, 0.1) is 6.61 Å². The molecule has 4 aromatic carbocycles. The number of hydrogen-bond donors (Lipinski definition) is 0. The van der Waals surface area contributed by atoms with Gasteiger partial charge in [-0.15, -0.1) is 0 Å². The topological polar surface area (TPSA) is 18.5 Å². The van der Waals surface area contributed by atoms with Crippen molar-refractivity contribution in [1.82, 2.24) is 0 Å². The predicted molar refractivity (Wildman–Crippen MR) is 131 cm³/mol. The fourth-order valence-electron chi connectivity index (χ4n) is 4.00. The van der Waals surface area contributed by atoms with Crippen molar-refractivity contribution in [2.24, 2.45) is 0 Å². The minimum absolute atomic E-state index is 0.510. The maximum absolute atomic E-state index is 6.84. The lowest BCUT2D eigenvalue weighted by atomic mass is 9.80. The molecule has 0 aromatic heterocycles. The Balaban J connectivity index is 1.65. The fraction of sp³-hybridized carbons (Fsp3) is 0.133. The zero-order valence-corrected chi connectivity index (χ0v) is 18.2. The average molecular weight is 421 g/mol. The molecule has 0 atom stereocenters. The summed E-state index contributed by atoms with van der Waals surface area (Å²) < 4.78 is 12.4. The molecule has 0 fully saturated rings. The molecule has 2 nitrogen and oxygen atoms in total. The van der Waals surface area contributed by atoms with Gasteiger partial charge in [0, 0.05) is 0 Å². The molecule has 0 aliphatic carbocycles. The lowest BCUT2D eigenvalue weighted by molar-refractivity contribution is 0.0148. The lowest BCUT2D eigenvalue weighted by Crippen LogP contribution is -2.33. The molecule has 0 spiro atoms. The summed E-state index contributed by atoms with van der Waals surface area (Å²) in [5.41, 5.74) is 3.87. The molecule has 4 rings (SSSR count). The van der Waals surface area contributed by atoms with E-state index in [1.54, 1.807) is 6.08 Å². The van der Waals surface area contributed by atoms with Gasteiger partial charge < -0.3 is 9.47 Å². The molecule has 0 radical (unpaired) electrons. The summed E-state index contributed by atoms with van der Waals surface area (Å²) in [5.74, 6) is 0.849. The summed E-state index contributed by atoms with van der Waals surface area (Å²) in [6.45, 7) is 4.78. The van der Waals surface area contributed by atoms with E-state index in [0.717, 1.165) is 28.9 Å². The molecule has 0 saturated heterocycles. The molecular weight excluding hydrogens is 392 g/mol. The van der Waals surface area contributed by atoms with Gasteiger partial charge in [-0.05, 0) is 40.8 Å². The zero-order chi connectivity index (χ0) is 22.1. The number of rotatable bonds is 10. The molecule has 2 heteroatoms. The SMILES string of the molecule is C=CCOc1ccc(CCOC(c2ccccc2)(c2ccccc2)c2ccccc2)cc1. The highest BCUT2D eigenvalue weighted by atomic mass is 16.5. The average Bonchev–Trinajstić information content (AvgIpc) is 2.88. The van der Waals surface area contributed by atoms with Gasteiger partial charge in [-0.25, -0.2) is 0 Å². The Hall–Kier alpha value is -3.62. The smallest absolute Gasteiger partial charge is 0.143 e. The van der Waals surface area contributed by atoms with E-state index < -0.39 is 5.60 Å². The van der Waals surface area contributed by atoms with Crippen molar-refractivity contribution in [3.8, 4) is 5.75 Å². The van der Waals surface area contributed by atoms with E-state index in [0.29, 0.717) is 13.2 Å². The summed E-state index contributed by atoms with van der Waals surface area (Å²) in [6, 6.07) is 39.6. The number of hydrogen-bond acceptors (Lipinski definition) is 2. The van der Waals surface area contributed by atoms with Gasteiger partial charge in [0.2, 0.25) is 0 Å². The molecule has 0 aliphatic rings. The van der Waals surface area contributed by atoms with Gasteiger partial charge in [0.25, 0.3) is 0 Å². The standard InChI is InChI=1S/C30H28O2/c1-2-23-31-29-20-18-25(19-21-29)22-24-32-30(26-12-6-3-7-13-26,27-14-8-4-9-15-27)28-16-10-5-11-17-28/h2-21H,1,22-24H2. The summed E-state index contributed by atoms with van der Waals surface area (Å²) in [7, 11) is 0. The zero-order valence-electron chi connectivity index (χ0n) is 18.2. The first-order chi connectivity index (χ1) is 15.8. The van der Waals surface area contributed by atoms with Crippen molar-refractivity contribution in [1.29, 1.82) is 0 Å². The molecule has 4 aromatic rings. The Kier molecular flexibility index (Phi) is 7.16. The second-order valence-electron chi connectivity index (χ2n) is 7.62. The summed E-state index contributed by atoms with van der Waals surface area (Å²) in [5, 5.41) is 0. The molecule has 160 valence electrons. The largest absolute Gasteiger partial charge is 0.490 e. The van der Waals surface area contributed by atoms with Crippen LogP contribution in [0.1, 0.15) is 22.3 Å². The van der Waals surface area contributed by atoms with Gasteiger partial charge in [-0.1, -0.05) is 116 Å². The minimum Gasteiger partial charge on any atom is -0.490 e. The Bertz CT molecular complexity index is 991. The van der Waals surface area contributed by atoms with Crippen molar-refractivity contribution in [2.45, 2.75) is 12.0 Å². The van der Waals surface area contributed by atoms with Gasteiger partial charge in [0.15, 0.2) is 0 Å². The Labute approximate surface area is 190 Å². The number of ether oxygens (including phenoxy) is 2. The molecule has 0 bridgehead atoms. The molecule has 0 amide bonds. The van der Waals surface area contributed by atoms with E-state index in [2.05, 4.69) is 91.5 Å². The van der Waals surface area contributed by atoms with Crippen molar-refractivity contribution in [3.05, 3.63) is 150 Å². The Morgan fingerprint density at radius 1 is 0.625 bits per heavy atom. The Morgan fingerprint density at radius 3 is 1.53 bits per heavy atom. The third-order valence-electron chi connectivity index (χ3n) is 5.54. The van der Waals surface area contributed by atoms with Crippen molar-refractivity contribution >= 4 is 0 Å². The summed E-state index contributed by atoms with van der Waals surface area (Å²) in [4.78, 5) is 0. The van der Waals surface area contributed by atoms with Gasteiger partial charge in [0.1, 0.15) is 18.0 Å². The summed E-state index contributed by atoms with van der Waals surface area (Å²) >= 11 is 0. The van der Waals surface area contributed by atoms with Crippen LogP contribution in [0.25, 0.3) is 0 Å². The van der Waals surface area contributed by atoms with Crippen LogP contribution in [-0.4, -0.2) is 13.2 Å². The first-order valence-electron chi connectivity index (χ1n) is 11.0. The first-order valence-corrected chi connectivity index (χ1v) is 11.0. The van der Waals surface area contributed by atoms with Crippen LogP contribution in [0.5, 0.6) is 5.75 Å². The van der Waals surface area contributed by atoms with E-state index in [4.69, 9.17) is 9.47 Å². The van der Waals surface area contributed by atoms with Crippen LogP contribution in [0.3, 0.4) is 0 Å². The molecule has 0 N–H and O–H groups in total. The second kappa shape index (κ2) is 10.6. The molecule has 0 heterocycles. The van der Waals surface area contributed by atoms with E-state index in [1.165, 1.54) is 5.56 Å². The maximum Gasteiger partial charge on any atom is 0.143 e. The number of benzene rings is 4. The van der Waals surface area contributed by atoms with E-state index in [1.807, 2.05) is 30.3 Å². The van der Waals surface area contributed by atoms with Crippen LogP contribution < -0.4 is 4.74 Å². The van der Waals surface area contributed by atoms with Crippen LogP contribution in [0.2, 0.25) is 0 Å². The predicted octanol–water partition coefficient (Wildman–Crippen LogP) is 6.80. The van der Waals surface area contributed by atoms with Crippen LogP contribution in [0, 0.1) is 0 Å². The molecule has 0 saturated carbocycles. The van der Waals surface area contributed by atoms with Crippen molar-refractivity contribution in [3.63, 3.8) is 0 Å². The highest BCUT2D eigenvalue weighted by Gasteiger charge is 2.37. The first kappa shape index (κ1) is 21.6. The minimum atomic E-state index is -0.684. The highest BCUT2D eigenvalue weighted by Crippen LogP contribution is 2.40. The molecular formula is C30H28O2. The molecule has 32 heavy (non-hydrogen) atoms. The monoisotopic (exact) mass is 420 g/mol. The van der Waals surface area contributed by atoms with Gasteiger partial charge in [-0.2, -0.15) is 0 Å². The van der Waals surface area contributed by atoms with E-state index >= 15 is 0 Å². The highest BCUT2D eigenvalue weighted by molar-refractivity contribution is 5.47. The van der Waals surface area contributed by atoms with Gasteiger partial charge >= 0.3 is 0 Å². The fourth-order valence-corrected chi connectivity index (χ4v) is 4.00. The third kappa shape index (κ3) is 4.82. The van der Waals surface area contributed by atoms with E-state index in [-0.39, 0.29) is 0 Å². The summed E-state index contributed by atoms with van der Waals surface area (Å²) in [6.07, 6.45) is 2.55. The second-order valence-corrected chi connectivity index (χ2v) is 7.62. The third-order valence-corrected chi connectivity index (χ3v) is 5.54. The lowest BCUT2D eigenvalue weighted by Gasteiger charge is -2.36. The molecule has 0 aliphatic heterocycles. The van der Waals surface area contributed by atoms with Crippen LogP contribution in [0.4, 0.5) is 0 Å². The van der Waals surface area contributed by atoms with Crippen molar-refractivity contribution < 1.29 is 9.47 Å². The molecule has 0 unspecified atom stereocenters. The normalized spacial score (nSPS) is 11.1. The maximum atomic E-state index is 6.84. The van der Waals surface area contributed by atoms with Crippen LogP contribution in [0.15, 0.2) is 128 Å². The van der Waals surface area contributed by atoms with E-state index in [9.17, 15) is 0 Å². The quantitative estimate of drug-likeness (QED) is 0.207. The Morgan fingerprint density at radius 2 is 1.09 bits per heavy atom. The van der Waals surface area contributed by atoms with Gasteiger partial charge in [-0.3, -0.25) is 0 Å². The van der Waals surface area contributed by atoms with Crippen LogP contribution in [-0.2, 0) is 16.8 Å². The van der Waals surface area contributed by atoms with Crippen molar-refractivity contribution in [2.75, 3.05) is 13.2 Å².